The number of amides is 1. The third-order valence-electron chi connectivity index (χ3n) is 4.44. The van der Waals surface area contributed by atoms with Crippen LogP contribution in [0.2, 0.25) is 0 Å². The van der Waals surface area contributed by atoms with Crippen LogP contribution in [0.25, 0.3) is 0 Å². The molecule has 0 atom stereocenters. The quantitative estimate of drug-likeness (QED) is 0.507. The lowest BCUT2D eigenvalue weighted by Crippen LogP contribution is -2.27. The molecule has 1 aliphatic carbocycles. The Kier molecular flexibility index (Phi) is 5.92. The fourth-order valence-corrected chi connectivity index (χ4v) is 3.00. The summed E-state index contributed by atoms with van der Waals surface area (Å²) in [6, 6.07) is 3.98. The predicted molar refractivity (Wildman–Crippen MR) is 102 cm³/mol. The van der Waals surface area contributed by atoms with Crippen LogP contribution in [0.1, 0.15) is 40.4 Å². The molecule has 1 fully saturated rings. The van der Waals surface area contributed by atoms with Crippen LogP contribution in [0.15, 0.2) is 24.4 Å². The van der Waals surface area contributed by atoms with Gasteiger partial charge in [-0.15, -0.1) is 0 Å². The summed E-state index contributed by atoms with van der Waals surface area (Å²) in [4.78, 5) is 12.7. The van der Waals surface area contributed by atoms with Gasteiger partial charge in [0.25, 0.3) is 12.3 Å². The van der Waals surface area contributed by atoms with Crippen molar-refractivity contribution in [2.75, 3.05) is 5.32 Å². The number of carbonyl (C=O) groups excluding carboxylic acids is 1. The first-order valence-corrected chi connectivity index (χ1v) is 9.03. The van der Waals surface area contributed by atoms with E-state index in [1.807, 2.05) is 0 Å². The smallest absolute Gasteiger partial charge is 0.387 e. The molecule has 0 spiro atoms. The normalized spacial score (nSPS) is 14.4. The Labute approximate surface area is 166 Å². The molecular weight excluding hydrogens is 392 g/mol. The summed E-state index contributed by atoms with van der Waals surface area (Å²) in [6.07, 6.45) is 0.287. The van der Waals surface area contributed by atoms with Gasteiger partial charge in [0.15, 0.2) is 0 Å². The van der Waals surface area contributed by atoms with E-state index in [0.29, 0.717) is 5.69 Å². The molecule has 3 rings (SSSR count). The molecule has 1 aliphatic rings. The van der Waals surface area contributed by atoms with Crippen molar-refractivity contribution < 1.29 is 32.2 Å². The zero-order valence-electron chi connectivity index (χ0n) is 15.8. The molecule has 0 unspecified atom stereocenters. The maximum Gasteiger partial charge on any atom is 0.387 e. The fourth-order valence-electron chi connectivity index (χ4n) is 3.00. The second-order valence-electron chi connectivity index (χ2n) is 7.42. The fraction of sp³-hybridized carbons (Fsp3) is 0.412. The van der Waals surface area contributed by atoms with Crippen molar-refractivity contribution in [2.24, 2.45) is 0 Å². The minimum absolute atomic E-state index is 0.0463. The first kappa shape index (κ1) is 21.2. The lowest BCUT2D eigenvalue weighted by atomic mass is 9.61. The van der Waals surface area contributed by atoms with Gasteiger partial charge in [-0.1, -0.05) is 6.07 Å². The molecular formula is C17H19B2F4N3O3. The number of anilines is 1. The van der Waals surface area contributed by atoms with Crippen molar-refractivity contribution in [3.63, 3.8) is 0 Å². The average Bonchev–Trinajstić information content (AvgIpc) is 3.33. The number of ether oxygens (including phenoxy) is 1. The highest BCUT2D eigenvalue weighted by Gasteiger charge is 2.32. The van der Waals surface area contributed by atoms with E-state index >= 15 is 0 Å². The van der Waals surface area contributed by atoms with E-state index < -0.39 is 30.9 Å². The Morgan fingerprint density at radius 3 is 2.59 bits per heavy atom. The number of nitrogens with zero attached hydrogens (tertiary/aromatic N) is 2. The Morgan fingerprint density at radius 1 is 1.34 bits per heavy atom. The molecule has 1 heterocycles. The molecule has 12 heteroatoms. The van der Waals surface area contributed by atoms with Crippen LogP contribution in [0, 0.1) is 0 Å². The van der Waals surface area contributed by atoms with E-state index in [1.54, 1.807) is 0 Å². The van der Waals surface area contributed by atoms with E-state index in [2.05, 4.69) is 15.2 Å². The summed E-state index contributed by atoms with van der Waals surface area (Å²) >= 11 is 0. The van der Waals surface area contributed by atoms with Crippen molar-refractivity contribution in [1.82, 2.24) is 9.78 Å². The van der Waals surface area contributed by atoms with Crippen molar-refractivity contribution in [3.8, 4) is 5.75 Å². The molecule has 1 saturated carbocycles. The van der Waals surface area contributed by atoms with Crippen molar-refractivity contribution in [1.29, 1.82) is 0 Å². The second kappa shape index (κ2) is 8.09. The van der Waals surface area contributed by atoms with Crippen LogP contribution >= 0.6 is 0 Å². The van der Waals surface area contributed by atoms with E-state index in [-0.39, 0.29) is 28.5 Å². The summed E-state index contributed by atoms with van der Waals surface area (Å²) in [6.45, 7) is -3.74. The van der Waals surface area contributed by atoms with Gasteiger partial charge in [0.2, 0.25) is 0 Å². The maximum absolute atomic E-state index is 12.7. The molecule has 1 aromatic heterocycles. The van der Waals surface area contributed by atoms with E-state index in [0.717, 1.165) is 17.5 Å². The van der Waals surface area contributed by atoms with Crippen molar-refractivity contribution >= 4 is 27.3 Å². The molecule has 2 N–H and O–H groups in total. The molecule has 0 saturated heterocycles. The molecule has 29 heavy (non-hydrogen) atoms. The van der Waals surface area contributed by atoms with E-state index in [4.69, 9.17) is 0 Å². The number of carbonyl (C=O) groups is 1. The lowest BCUT2D eigenvalue weighted by Gasteiger charge is -2.22. The largest absolute Gasteiger partial charge is 0.434 e. The van der Waals surface area contributed by atoms with Crippen LogP contribution in [-0.2, 0) is 11.9 Å². The minimum atomic E-state index is -3.11. The number of nitrogens with one attached hydrogen (secondary N) is 1. The predicted octanol–water partition coefficient (Wildman–Crippen LogP) is 1.25. The summed E-state index contributed by atoms with van der Waals surface area (Å²) in [7, 11) is 2.83. The van der Waals surface area contributed by atoms with E-state index in [1.165, 1.54) is 40.1 Å². The molecule has 0 bridgehead atoms. The Morgan fingerprint density at radius 2 is 2.03 bits per heavy atom. The minimum Gasteiger partial charge on any atom is -0.434 e. The molecule has 0 radical (unpaired) electrons. The van der Waals surface area contributed by atoms with Crippen LogP contribution in [-0.4, -0.2) is 49.5 Å². The summed E-state index contributed by atoms with van der Waals surface area (Å²) < 4.78 is 56.3. The molecule has 0 aliphatic heterocycles. The maximum atomic E-state index is 12.7. The van der Waals surface area contributed by atoms with Gasteiger partial charge in [-0.2, -0.15) is 13.9 Å². The third kappa shape index (κ3) is 5.31. The summed E-state index contributed by atoms with van der Waals surface area (Å²) in [5.41, 5.74) is 0.887. The van der Waals surface area contributed by atoms with Crippen LogP contribution in [0.4, 0.5) is 23.2 Å². The monoisotopic (exact) mass is 411 g/mol. The molecule has 1 amide bonds. The van der Waals surface area contributed by atoms with Crippen LogP contribution in [0.5, 0.6) is 5.75 Å². The number of aromatic nitrogens is 2. The summed E-state index contributed by atoms with van der Waals surface area (Å²) in [5, 5.41) is 15.3. The number of hydrogen-bond donors (Lipinski definition) is 2. The number of halogens is 4. The molecule has 1 aromatic carbocycles. The highest BCUT2D eigenvalue weighted by atomic mass is 19.3. The van der Waals surface area contributed by atoms with Gasteiger partial charge in [-0.25, -0.2) is 8.78 Å². The second-order valence-corrected chi connectivity index (χ2v) is 7.42. The molecule has 6 nitrogen and oxygen atoms in total. The van der Waals surface area contributed by atoms with E-state index in [9.17, 15) is 27.5 Å². The number of alkyl halides is 4. The van der Waals surface area contributed by atoms with Crippen LogP contribution in [0.3, 0.4) is 0 Å². The number of rotatable bonds is 8. The standard InChI is InChI=1S/C17H19B2F4N3O3/c18-17(19,28)11-4-3-9(5-12(11)29-16(22)23)24-15(27)10-6-26(7-13(20)21)25-14(10)8-1-2-8/h3-6,8,13,16,28H,1-2,7,18-19H2,(H,24,27). The zero-order chi connectivity index (χ0) is 21.3. The number of benzene rings is 1. The van der Waals surface area contributed by atoms with Gasteiger partial charge in [-0.05, 0) is 18.9 Å². The van der Waals surface area contributed by atoms with Gasteiger partial charge >= 0.3 is 6.61 Å². The molecule has 154 valence electrons. The molecule has 2 aromatic rings. The Bertz CT molecular complexity index is 899. The first-order chi connectivity index (χ1) is 13.5. The zero-order valence-corrected chi connectivity index (χ0v) is 15.8. The lowest BCUT2D eigenvalue weighted by molar-refractivity contribution is -0.0512. The highest BCUT2D eigenvalue weighted by molar-refractivity contribution is 6.38. The third-order valence-corrected chi connectivity index (χ3v) is 4.44. The van der Waals surface area contributed by atoms with Gasteiger partial charge in [0.05, 0.1) is 11.3 Å². The van der Waals surface area contributed by atoms with Crippen molar-refractivity contribution in [3.05, 3.63) is 41.2 Å². The Balaban J connectivity index is 1.86. The highest BCUT2D eigenvalue weighted by Crippen LogP contribution is 2.41. The van der Waals surface area contributed by atoms with Gasteiger partial charge in [0, 0.05) is 34.8 Å². The Hall–Kier alpha value is -2.49. The number of hydrogen-bond acceptors (Lipinski definition) is 4. The van der Waals surface area contributed by atoms with Gasteiger partial charge in [0.1, 0.15) is 28.0 Å². The summed E-state index contributed by atoms with van der Waals surface area (Å²) in [5.74, 6) is -0.822. The first-order valence-electron chi connectivity index (χ1n) is 9.03. The van der Waals surface area contributed by atoms with Crippen LogP contribution < -0.4 is 10.1 Å². The van der Waals surface area contributed by atoms with Crippen molar-refractivity contribution in [2.45, 2.75) is 43.7 Å². The van der Waals surface area contributed by atoms with Gasteiger partial charge < -0.3 is 15.2 Å². The average molecular weight is 411 g/mol. The SMILES string of the molecule is BC(B)(O)c1ccc(NC(=O)c2cn(CC(F)F)nc2C2CC2)cc1OC(F)F. The van der Waals surface area contributed by atoms with Gasteiger partial charge in [-0.3, -0.25) is 9.48 Å². The topological polar surface area (TPSA) is 76.4 Å². The number of aliphatic hydroxyl groups is 1.